The Labute approximate surface area is 400 Å². The molecule has 3 aliphatic rings. The van der Waals surface area contributed by atoms with Crippen LogP contribution in [0, 0.1) is 17.8 Å². The fourth-order valence-corrected chi connectivity index (χ4v) is 12.0. The van der Waals surface area contributed by atoms with Crippen molar-refractivity contribution in [2.24, 2.45) is 22.9 Å². The van der Waals surface area contributed by atoms with E-state index in [0.29, 0.717) is 71.7 Å². The van der Waals surface area contributed by atoms with Gasteiger partial charge in [0.1, 0.15) is 33.5 Å². The number of allylic oxidation sites excluding steroid dienone is 1. The average molecular weight is 955 g/mol. The molecule has 1 aromatic heterocycles. The Morgan fingerprint density at radius 3 is 2.46 bits per heavy atom. The number of hydrogen-bond acceptors (Lipinski definition) is 13. The lowest BCUT2D eigenvalue weighted by Crippen LogP contribution is -2.70. The number of nitrogens with zero attached hydrogens (tertiary/aromatic N) is 3. The largest absolute Gasteiger partial charge is 0.497 e. The monoisotopic (exact) mass is 954 g/mol. The quantitative estimate of drug-likeness (QED) is 0.0409. The van der Waals surface area contributed by atoms with Gasteiger partial charge in [-0.25, -0.2) is 13.2 Å². The van der Waals surface area contributed by atoms with Gasteiger partial charge in [0.25, 0.3) is 0 Å². The van der Waals surface area contributed by atoms with Gasteiger partial charge in [-0.1, -0.05) is 55.3 Å². The van der Waals surface area contributed by atoms with Crippen molar-refractivity contribution >= 4 is 38.4 Å². The molecule has 1 amide bonds. The smallest absolute Gasteiger partial charge is 0.417 e. The summed E-state index contributed by atoms with van der Waals surface area (Å²) in [7, 11) is -1.31. The second-order valence-corrected chi connectivity index (χ2v) is 20.4. The minimum Gasteiger partial charge on any atom is -0.497 e. The minimum atomic E-state index is -4.35. The highest BCUT2D eigenvalue weighted by Gasteiger charge is 2.66. The van der Waals surface area contributed by atoms with E-state index in [9.17, 15) is 15.0 Å². The minimum absolute atomic E-state index is 0.0190. The first kappa shape index (κ1) is 50.4. The number of ether oxygens (including phenoxy) is 5. The molecule has 1 saturated carbocycles. The number of sulfonamides is 1. The van der Waals surface area contributed by atoms with Crippen LogP contribution >= 0.6 is 0 Å². The molecule has 1 fully saturated rings. The molecule has 0 spiro atoms. The molecule has 0 unspecified atom stereocenters. The molecule has 4 aromatic rings. The van der Waals surface area contributed by atoms with E-state index in [1.54, 1.807) is 67.9 Å². The Bertz CT molecular complexity index is 2590. The number of amides is 1. The number of benzene rings is 3. The number of oxime groups is 1. The molecule has 16 heteroatoms. The van der Waals surface area contributed by atoms with Crippen LogP contribution in [0.15, 0.2) is 107 Å². The summed E-state index contributed by atoms with van der Waals surface area (Å²) in [5.41, 5.74) is 2.16. The third kappa shape index (κ3) is 10.5. The van der Waals surface area contributed by atoms with Crippen molar-refractivity contribution < 1.29 is 51.9 Å². The first-order valence-corrected chi connectivity index (χ1v) is 25.0. The third-order valence-corrected chi connectivity index (χ3v) is 14.8. The van der Waals surface area contributed by atoms with Crippen molar-refractivity contribution in [3.63, 3.8) is 0 Å². The summed E-state index contributed by atoms with van der Waals surface area (Å²) in [6.07, 6.45) is 9.29. The number of hydrogen-bond donors (Lipinski definition) is 3. The van der Waals surface area contributed by atoms with Gasteiger partial charge in [0.15, 0.2) is 0 Å². The predicted molar refractivity (Wildman–Crippen MR) is 261 cm³/mol. The van der Waals surface area contributed by atoms with Crippen LogP contribution in [0.3, 0.4) is 0 Å². The molecule has 0 radical (unpaired) electrons. The van der Waals surface area contributed by atoms with Crippen molar-refractivity contribution in [1.29, 1.82) is 0 Å². The van der Waals surface area contributed by atoms with Crippen molar-refractivity contribution in [2.45, 2.75) is 107 Å². The van der Waals surface area contributed by atoms with Crippen LogP contribution in [0.5, 0.6) is 23.0 Å². The maximum atomic E-state index is 15.6. The van der Waals surface area contributed by atoms with Crippen molar-refractivity contribution in [2.75, 3.05) is 45.9 Å². The highest BCUT2D eigenvalue weighted by molar-refractivity contribution is 7.89. The highest BCUT2D eigenvalue weighted by Crippen LogP contribution is 2.62. The molecule has 2 aliphatic carbocycles. The summed E-state index contributed by atoms with van der Waals surface area (Å²) < 4.78 is 64.0. The summed E-state index contributed by atoms with van der Waals surface area (Å²) >= 11 is 0. The predicted octanol–water partition coefficient (Wildman–Crippen LogP) is 9.40. The number of carbonyl (C=O) groups excluding carboxylic acids is 1. The second kappa shape index (κ2) is 21.8. The van der Waals surface area contributed by atoms with Gasteiger partial charge in [0.05, 0.1) is 49.7 Å². The van der Waals surface area contributed by atoms with Crippen molar-refractivity contribution in [3.8, 4) is 23.0 Å². The average Bonchev–Trinajstić information content (AvgIpc) is 3.32. The molecular weight excluding hydrogens is 889 g/mol. The first-order chi connectivity index (χ1) is 32.7. The normalized spacial score (nSPS) is 22.7. The summed E-state index contributed by atoms with van der Waals surface area (Å²) in [5, 5.41) is 28.4. The van der Waals surface area contributed by atoms with Crippen LogP contribution < -0.4 is 24.3 Å². The van der Waals surface area contributed by atoms with E-state index in [0.717, 1.165) is 24.0 Å². The molecule has 0 saturated heterocycles. The molecular formula is C52H66N4O11S. The summed E-state index contributed by atoms with van der Waals surface area (Å²) in [6.45, 7) is 11.9. The summed E-state index contributed by atoms with van der Waals surface area (Å²) in [6, 6.07) is 18.0. The molecule has 0 bridgehead atoms. The number of carbonyl (C=O) groups is 1. The topological polar surface area (TPSA) is 188 Å². The number of fused-ring (bicyclic) bond motifs is 3. The van der Waals surface area contributed by atoms with Crippen LogP contribution in [-0.2, 0) is 19.6 Å². The molecule has 3 N–H and O–H groups in total. The van der Waals surface area contributed by atoms with Gasteiger partial charge in [-0.15, -0.1) is 6.58 Å². The zero-order valence-corrected chi connectivity index (χ0v) is 40.8. The number of unbranched alkanes of at least 4 members (excludes halogenated alkanes) is 2. The maximum Gasteiger partial charge on any atom is 0.417 e. The Hall–Kier alpha value is -5.52. The van der Waals surface area contributed by atoms with E-state index >= 15 is 8.42 Å². The van der Waals surface area contributed by atoms with Crippen LogP contribution in [0.2, 0.25) is 0 Å². The molecule has 7 rings (SSSR count). The third-order valence-electron chi connectivity index (χ3n) is 12.9. The standard InChI is InChI=1S/C52H66N4O11S/c1-8-26-56(68(60,61)45-20-14-17-34-18-15-25-53-49(34)45)46-33-42(55-67-51(3,4)5)39-30-35(16-10-12-27-57)38(19-11-13-28-58)47-40-31-37(22-24-43(40)66-52(46,48(39)47)64-29-9-2)65-50(59)54-41-23-21-36(62-6)32-44(41)63-7/h9,14-15,17-18,20-25,30-32,35,38,46-48,57-58H,2,8,10-13,16,19,26-29,33H2,1,3-7H3,(H,54,59)/t35-,38+,46-,47+,48+,52+/m0/s1. The van der Waals surface area contributed by atoms with Gasteiger partial charge in [-0.05, 0) is 113 Å². The van der Waals surface area contributed by atoms with Gasteiger partial charge in [-0.2, -0.15) is 4.31 Å². The Morgan fingerprint density at radius 2 is 1.75 bits per heavy atom. The van der Waals surface area contributed by atoms with Crippen LogP contribution in [0.1, 0.15) is 90.5 Å². The second-order valence-electron chi connectivity index (χ2n) is 18.5. The Morgan fingerprint density at radius 1 is 1.00 bits per heavy atom. The molecule has 366 valence electrons. The zero-order chi connectivity index (χ0) is 48.6. The van der Waals surface area contributed by atoms with Crippen molar-refractivity contribution in [1.82, 2.24) is 9.29 Å². The molecule has 2 heterocycles. The SMILES string of the molecule is C=CCO[C@@]12Oc3ccc(OC(=O)Nc4ccc(OC)cc4OC)cc3[C@H]3[C@H](CCCCO)[C@@H](CCCCO)C=C(C(=NOC(C)(C)C)C[C@@H]1N(CCC)S(=O)(=O)c1cccc4cccnc14)[C@H]32. The Kier molecular flexibility index (Phi) is 16.2. The van der Waals surface area contributed by atoms with E-state index in [4.69, 9.17) is 33.7 Å². The number of rotatable bonds is 21. The molecule has 3 aromatic carbocycles. The van der Waals surface area contributed by atoms with E-state index in [2.05, 4.69) is 23.0 Å². The number of aliphatic hydroxyl groups excluding tert-OH is 2. The van der Waals surface area contributed by atoms with Crippen molar-refractivity contribution in [3.05, 3.63) is 103 Å². The number of aliphatic hydroxyl groups is 2. The van der Waals surface area contributed by atoms with E-state index < -0.39 is 45.4 Å². The Balaban J connectivity index is 1.45. The van der Waals surface area contributed by atoms with E-state index in [-0.39, 0.29) is 55.3 Å². The fraction of sp³-hybridized carbons (Fsp3) is 0.481. The van der Waals surface area contributed by atoms with Crippen LogP contribution in [0.25, 0.3) is 10.9 Å². The number of nitrogens with one attached hydrogen (secondary N) is 1. The fourth-order valence-electron chi connectivity index (χ4n) is 10.1. The van der Waals surface area contributed by atoms with Crippen LogP contribution in [0.4, 0.5) is 10.5 Å². The van der Waals surface area contributed by atoms with E-state index in [1.807, 2.05) is 45.9 Å². The molecule has 68 heavy (non-hydrogen) atoms. The maximum absolute atomic E-state index is 15.6. The van der Waals surface area contributed by atoms with Crippen LogP contribution in [-0.4, -0.2) is 97.7 Å². The lowest BCUT2D eigenvalue weighted by atomic mass is 9.55. The number of methoxy groups -OCH3 is 2. The first-order valence-electron chi connectivity index (χ1n) is 23.6. The number of pyridine rings is 1. The summed E-state index contributed by atoms with van der Waals surface area (Å²) in [5.74, 6) is -1.31. The molecule has 15 nitrogen and oxygen atoms in total. The van der Waals surface area contributed by atoms with Gasteiger partial charge in [-0.3, -0.25) is 10.3 Å². The zero-order valence-electron chi connectivity index (χ0n) is 40.0. The summed E-state index contributed by atoms with van der Waals surface area (Å²) in [4.78, 5) is 24.5. The lowest BCUT2D eigenvalue weighted by Gasteiger charge is -2.59. The number of anilines is 1. The number of aromatic nitrogens is 1. The highest BCUT2D eigenvalue weighted by atomic mass is 32.2. The molecule has 1 aliphatic heterocycles. The number of para-hydroxylation sites is 1. The van der Waals surface area contributed by atoms with Gasteiger partial charge < -0.3 is 38.7 Å². The van der Waals surface area contributed by atoms with Gasteiger partial charge >= 0.3 is 6.09 Å². The van der Waals surface area contributed by atoms with Gasteiger partial charge in [0.2, 0.25) is 15.8 Å². The lowest BCUT2D eigenvalue weighted by molar-refractivity contribution is -0.251. The molecule has 6 atom stereocenters. The van der Waals surface area contributed by atoms with Gasteiger partial charge in [0, 0.05) is 55.3 Å². The van der Waals surface area contributed by atoms with E-state index in [1.165, 1.54) is 11.4 Å².